The molecule has 86 valence electrons. The van der Waals surface area contributed by atoms with Crippen LogP contribution in [-0.2, 0) is 0 Å². The summed E-state index contributed by atoms with van der Waals surface area (Å²) in [7, 11) is 0. The Morgan fingerprint density at radius 2 is 2.12 bits per heavy atom. The summed E-state index contributed by atoms with van der Waals surface area (Å²) in [4.78, 5) is 0. The maximum atomic E-state index is 9.81. The van der Waals surface area contributed by atoms with Crippen molar-refractivity contribution in [3.05, 3.63) is 34.9 Å². The van der Waals surface area contributed by atoms with Gasteiger partial charge in [-0.15, -0.1) is 11.6 Å². The Balaban J connectivity index is 2.92. The molecule has 0 bridgehead atoms. The van der Waals surface area contributed by atoms with Gasteiger partial charge >= 0.3 is 0 Å². The molecule has 2 N–H and O–H groups in total. The van der Waals surface area contributed by atoms with Crippen molar-refractivity contribution >= 4 is 11.6 Å². The average Bonchev–Trinajstić information content (AvgIpc) is 2.29. The van der Waals surface area contributed by atoms with Crippen molar-refractivity contribution < 1.29 is 10.2 Å². The van der Waals surface area contributed by atoms with Crippen molar-refractivity contribution in [3.63, 3.8) is 0 Å². The Morgan fingerprint density at radius 3 is 2.69 bits per heavy atom. The van der Waals surface area contributed by atoms with Crippen LogP contribution in [0.3, 0.4) is 0 Å². The quantitative estimate of drug-likeness (QED) is 0.789. The van der Waals surface area contributed by atoms with E-state index in [2.05, 4.69) is 0 Å². The summed E-state index contributed by atoms with van der Waals surface area (Å²) in [6.07, 6.45) is -1.57. The van der Waals surface area contributed by atoms with Gasteiger partial charge in [-0.1, -0.05) is 12.1 Å². The van der Waals surface area contributed by atoms with Gasteiger partial charge < -0.3 is 10.2 Å². The zero-order valence-corrected chi connectivity index (χ0v) is 9.78. The summed E-state index contributed by atoms with van der Waals surface area (Å²) in [6.45, 7) is 1.82. The number of rotatable bonds is 4. The molecule has 1 aromatic rings. The van der Waals surface area contributed by atoms with Crippen LogP contribution in [0.1, 0.15) is 29.2 Å². The van der Waals surface area contributed by atoms with Gasteiger partial charge in [-0.3, -0.25) is 0 Å². The molecule has 4 heteroatoms. The highest BCUT2D eigenvalue weighted by molar-refractivity contribution is 6.17. The number of alkyl halides is 1. The predicted molar refractivity (Wildman–Crippen MR) is 62.2 cm³/mol. The third kappa shape index (κ3) is 2.96. The summed E-state index contributed by atoms with van der Waals surface area (Å²) in [5.41, 5.74) is 1.90. The molecular weight excluding hydrogens is 226 g/mol. The second kappa shape index (κ2) is 5.86. The van der Waals surface area contributed by atoms with Crippen LogP contribution in [0, 0.1) is 18.3 Å². The van der Waals surface area contributed by atoms with E-state index in [1.165, 1.54) is 0 Å². The smallest absolute Gasteiger partial charge is 0.105 e. The number of hydrogen-bond donors (Lipinski definition) is 2. The molecule has 0 aliphatic carbocycles. The second-order valence-corrected chi connectivity index (χ2v) is 4.05. The molecule has 0 aliphatic rings. The number of halogens is 1. The van der Waals surface area contributed by atoms with Crippen LogP contribution in [-0.4, -0.2) is 22.2 Å². The normalized spacial score (nSPS) is 14.2. The van der Waals surface area contributed by atoms with Gasteiger partial charge in [-0.05, 0) is 30.5 Å². The minimum absolute atomic E-state index is 0.287. The molecule has 0 fully saturated rings. The Bertz CT molecular complexity index is 400. The molecule has 0 aromatic heterocycles. The largest absolute Gasteiger partial charge is 0.390 e. The van der Waals surface area contributed by atoms with E-state index < -0.39 is 12.2 Å². The summed E-state index contributed by atoms with van der Waals surface area (Å²) in [5.74, 6) is 0.287. The monoisotopic (exact) mass is 239 g/mol. The maximum absolute atomic E-state index is 9.81. The number of aliphatic hydroxyl groups is 2. The number of aryl methyl sites for hydroxylation is 1. The molecule has 1 rings (SSSR count). The van der Waals surface area contributed by atoms with Crippen molar-refractivity contribution in [2.24, 2.45) is 0 Å². The van der Waals surface area contributed by atoms with Gasteiger partial charge in [-0.2, -0.15) is 5.26 Å². The standard InChI is InChI=1S/C12H14ClNO2/c1-8-2-3-9(6-10(8)7-14)12(16)11(15)4-5-13/h2-3,6,11-12,15-16H,4-5H2,1H3. The molecule has 0 saturated heterocycles. The zero-order chi connectivity index (χ0) is 12.1. The lowest BCUT2D eigenvalue weighted by molar-refractivity contribution is 0.0170. The fourth-order valence-electron chi connectivity index (χ4n) is 1.44. The fraction of sp³-hybridized carbons (Fsp3) is 0.417. The lowest BCUT2D eigenvalue weighted by Gasteiger charge is -2.17. The van der Waals surface area contributed by atoms with Gasteiger partial charge in [0.15, 0.2) is 0 Å². The third-order valence-electron chi connectivity index (χ3n) is 2.49. The molecule has 2 atom stereocenters. The van der Waals surface area contributed by atoms with Crippen LogP contribution in [0.15, 0.2) is 18.2 Å². The van der Waals surface area contributed by atoms with Crippen LogP contribution in [0.2, 0.25) is 0 Å². The average molecular weight is 240 g/mol. The van der Waals surface area contributed by atoms with Crippen LogP contribution in [0.5, 0.6) is 0 Å². The van der Waals surface area contributed by atoms with Gasteiger partial charge in [-0.25, -0.2) is 0 Å². The zero-order valence-electron chi connectivity index (χ0n) is 9.02. The fourth-order valence-corrected chi connectivity index (χ4v) is 1.66. The molecular formula is C12H14ClNO2. The first-order valence-electron chi connectivity index (χ1n) is 5.03. The number of nitrogens with zero attached hydrogens (tertiary/aromatic N) is 1. The maximum Gasteiger partial charge on any atom is 0.105 e. The Hall–Kier alpha value is -1.08. The first kappa shape index (κ1) is 13.0. The molecule has 1 aromatic carbocycles. The Labute approximate surface area is 99.9 Å². The van der Waals surface area contributed by atoms with Crippen LogP contribution >= 0.6 is 11.6 Å². The molecule has 3 nitrogen and oxygen atoms in total. The van der Waals surface area contributed by atoms with E-state index in [-0.39, 0.29) is 5.88 Å². The van der Waals surface area contributed by atoms with Crippen molar-refractivity contribution in [1.82, 2.24) is 0 Å². The van der Waals surface area contributed by atoms with E-state index >= 15 is 0 Å². The van der Waals surface area contributed by atoms with Crippen LogP contribution in [0.25, 0.3) is 0 Å². The number of nitriles is 1. The van der Waals surface area contributed by atoms with E-state index in [9.17, 15) is 10.2 Å². The van der Waals surface area contributed by atoms with Crippen molar-refractivity contribution in [1.29, 1.82) is 5.26 Å². The molecule has 16 heavy (non-hydrogen) atoms. The van der Waals surface area contributed by atoms with Gasteiger partial charge in [0, 0.05) is 5.88 Å². The minimum atomic E-state index is -0.994. The summed E-state index contributed by atoms with van der Waals surface area (Å²) in [6, 6.07) is 7.10. The highest BCUT2D eigenvalue weighted by Crippen LogP contribution is 2.21. The molecule has 0 radical (unpaired) electrons. The minimum Gasteiger partial charge on any atom is -0.390 e. The van der Waals surface area contributed by atoms with Gasteiger partial charge in [0.2, 0.25) is 0 Å². The molecule has 0 amide bonds. The Morgan fingerprint density at radius 1 is 1.44 bits per heavy atom. The summed E-state index contributed by atoms with van der Waals surface area (Å²) in [5, 5.41) is 28.3. The third-order valence-corrected chi connectivity index (χ3v) is 2.71. The molecule has 0 spiro atoms. The lowest BCUT2D eigenvalue weighted by Crippen LogP contribution is -2.18. The summed E-state index contributed by atoms with van der Waals surface area (Å²) >= 11 is 5.49. The SMILES string of the molecule is Cc1ccc(C(O)C(O)CCCl)cc1C#N. The summed E-state index contributed by atoms with van der Waals surface area (Å²) < 4.78 is 0. The lowest BCUT2D eigenvalue weighted by atomic mass is 9.98. The van der Waals surface area contributed by atoms with E-state index in [0.717, 1.165) is 5.56 Å². The van der Waals surface area contributed by atoms with Crippen molar-refractivity contribution in [2.75, 3.05) is 5.88 Å². The number of benzene rings is 1. The molecule has 0 saturated carbocycles. The van der Waals surface area contributed by atoms with Gasteiger partial charge in [0.05, 0.1) is 17.7 Å². The first-order chi connectivity index (χ1) is 7.60. The predicted octanol–water partition coefficient (Wildman–Crippen LogP) is 1.89. The van der Waals surface area contributed by atoms with Crippen LogP contribution in [0.4, 0.5) is 0 Å². The topological polar surface area (TPSA) is 64.2 Å². The van der Waals surface area contributed by atoms with Crippen LogP contribution < -0.4 is 0 Å². The first-order valence-corrected chi connectivity index (χ1v) is 5.56. The highest BCUT2D eigenvalue weighted by atomic mass is 35.5. The van der Waals surface area contributed by atoms with E-state index in [1.807, 2.05) is 13.0 Å². The number of aliphatic hydroxyl groups excluding tert-OH is 2. The van der Waals surface area contributed by atoms with Crippen molar-refractivity contribution in [3.8, 4) is 6.07 Å². The van der Waals surface area contributed by atoms with Gasteiger partial charge in [0.1, 0.15) is 6.10 Å². The second-order valence-electron chi connectivity index (χ2n) is 3.68. The molecule has 2 unspecified atom stereocenters. The Kier molecular flexibility index (Phi) is 4.75. The highest BCUT2D eigenvalue weighted by Gasteiger charge is 2.18. The number of hydrogen-bond acceptors (Lipinski definition) is 3. The van der Waals surface area contributed by atoms with E-state index in [1.54, 1.807) is 18.2 Å². The van der Waals surface area contributed by atoms with E-state index in [4.69, 9.17) is 16.9 Å². The molecule has 0 heterocycles. The van der Waals surface area contributed by atoms with Crippen molar-refractivity contribution in [2.45, 2.75) is 25.6 Å². The molecule has 0 aliphatic heterocycles. The van der Waals surface area contributed by atoms with E-state index in [0.29, 0.717) is 17.5 Å². The van der Waals surface area contributed by atoms with Gasteiger partial charge in [0.25, 0.3) is 0 Å².